The Morgan fingerprint density at radius 1 is 1.11 bits per heavy atom. The molecule has 1 heterocycles. The molecular weight excluding hydrogens is 262 g/mol. The molecule has 3 N–H and O–H groups in total. The van der Waals surface area contributed by atoms with E-state index in [1.54, 1.807) is 0 Å². The van der Waals surface area contributed by atoms with Crippen LogP contribution in [0.3, 0.4) is 0 Å². The fraction of sp³-hybridized carbons (Fsp3) is 0.929. The maximum absolute atomic E-state index is 11.9. The number of piperidine rings is 1. The Hall–Kier alpha value is -0.320. The highest BCUT2D eigenvalue weighted by atomic mass is 35.5. The number of hydrogen-bond acceptors (Lipinski definition) is 3. The number of nitrogens with one attached hydrogen (secondary N) is 1. The summed E-state index contributed by atoms with van der Waals surface area (Å²) >= 11 is 0. The molecule has 1 aliphatic carbocycles. The number of hydrogen-bond donors (Lipinski definition) is 2. The van der Waals surface area contributed by atoms with Crippen molar-refractivity contribution in [1.82, 2.24) is 10.2 Å². The van der Waals surface area contributed by atoms with Crippen molar-refractivity contribution < 1.29 is 4.79 Å². The van der Waals surface area contributed by atoms with Crippen LogP contribution < -0.4 is 11.1 Å². The minimum atomic E-state index is 0. The summed E-state index contributed by atoms with van der Waals surface area (Å²) in [6.45, 7) is 3.38. The minimum Gasteiger partial charge on any atom is -0.355 e. The smallest absolute Gasteiger partial charge is 0.234 e. The molecule has 1 aliphatic heterocycles. The lowest BCUT2D eigenvalue weighted by atomic mass is 9.89. The topological polar surface area (TPSA) is 58.4 Å². The molecule has 0 atom stereocenters. The largest absolute Gasteiger partial charge is 0.355 e. The fourth-order valence-electron chi connectivity index (χ4n) is 3.02. The molecule has 1 amide bonds. The standard InChI is InChI=1S/C14H27N3O.ClH/c15-13-6-8-17(9-7-13)11-14(18)16-10-12-4-2-1-3-5-12;/h12-13H,1-11,15H2,(H,16,18);1H. The van der Waals surface area contributed by atoms with E-state index in [4.69, 9.17) is 5.73 Å². The van der Waals surface area contributed by atoms with Gasteiger partial charge in [0, 0.05) is 25.7 Å². The number of carbonyl (C=O) groups excluding carboxylic acids is 1. The van der Waals surface area contributed by atoms with Gasteiger partial charge in [-0.05, 0) is 31.6 Å². The van der Waals surface area contributed by atoms with E-state index in [1.165, 1.54) is 32.1 Å². The van der Waals surface area contributed by atoms with Gasteiger partial charge in [-0.25, -0.2) is 0 Å². The first-order chi connectivity index (χ1) is 8.74. The van der Waals surface area contributed by atoms with Gasteiger partial charge >= 0.3 is 0 Å². The van der Waals surface area contributed by atoms with Gasteiger partial charge < -0.3 is 11.1 Å². The molecular formula is C14H28ClN3O. The van der Waals surface area contributed by atoms with E-state index in [2.05, 4.69) is 10.2 Å². The Bertz CT molecular complexity index is 261. The highest BCUT2D eigenvalue weighted by molar-refractivity contribution is 5.85. The van der Waals surface area contributed by atoms with Crippen LogP contribution in [-0.4, -0.2) is 43.0 Å². The van der Waals surface area contributed by atoms with E-state index >= 15 is 0 Å². The number of halogens is 1. The molecule has 19 heavy (non-hydrogen) atoms. The van der Waals surface area contributed by atoms with E-state index in [0.717, 1.165) is 38.4 Å². The minimum absolute atomic E-state index is 0. The Kier molecular flexibility index (Phi) is 7.73. The maximum Gasteiger partial charge on any atom is 0.234 e. The molecule has 0 spiro atoms. The third-order valence-electron chi connectivity index (χ3n) is 4.31. The van der Waals surface area contributed by atoms with Crippen LogP contribution in [0.25, 0.3) is 0 Å². The summed E-state index contributed by atoms with van der Waals surface area (Å²) in [6.07, 6.45) is 8.68. The molecule has 2 rings (SSSR count). The lowest BCUT2D eigenvalue weighted by molar-refractivity contribution is -0.122. The first-order valence-corrected chi connectivity index (χ1v) is 7.48. The van der Waals surface area contributed by atoms with E-state index in [9.17, 15) is 4.79 Å². The van der Waals surface area contributed by atoms with Crippen LogP contribution in [0, 0.1) is 5.92 Å². The van der Waals surface area contributed by atoms with Gasteiger partial charge in [-0.2, -0.15) is 0 Å². The van der Waals surface area contributed by atoms with Crippen molar-refractivity contribution in [2.75, 3.05) is 26.2 Å². The lowest BCUT2D eigenvalue weighted by Gasteiger charge is -2.29. The molecule has 5 heteroatoms. The second-order valence-electron chi connectivity index (χ2n) is 5.92. The molecule has 0 bridgehead atoms. The second kappa shape index (κ2) is 8.77. The zero-order chi connectivity index (χ0) is 12.8. The first kappa shape index (κ1) is 16.7. The highest BCUT2D eigenvalue weighted by Crippen LogP contribution is 2.22. The molecule has 2 fully saturated rings. The van der Waals surface area contributed by atoms with Gasteiger partial charge in [0.05, 0.1) is 6.54 Å². The van der Waals surface area contributed by atoms with E-state index in [-0.39, 0.29) is 18.3 Å². The zero-order valence-corrected chi connectivity index (χ0v) is 12.6. The third-order valence-corrected chi connectivity index (χ3v) is 4.31. The number of nitrogens with two attached hydrogens (primary N) is 1. The maximum atomic E-state index is 11.9. The highest BCUT2D eigenvalue weighted by Gasteiger charge is 2.19. The zero-order valence-electron chi connectivity index (χ0n) is 11.8. The Morgan fingerprint density at radius 2 is 1.74 bits per heavy atom. The molecule has 0 radical (unpaired) electrons. The summed E-state index contributed by atoms with van der Waals surface area (Å²) in [5.74, 6) is 0.911. The van der Waals surface area contributed by atoms with Crippen LogP contribution in [0.1, 0.15) is 44.9 Å². The normalized spacial score (nSPS) is 22.8. The molecule has 1 saturated carbocycles. The monoisotopic (exact) mass is 289 g/mol. The third kappa shape index (κ3) is 6.11. The molecule has 112 valence electrons. The van der Waals surface area contributed by atoms with Crippen LogP contribution in [0.2, 0.25) is 0 Å². The molecule has 0 aromatic rings. The van der Waals surface area contributed by atoms with Crippen molar-refractivity contribution in [3.8, 4) is 0 Å². The first-order valence-electron chi connectivity index (χ1n) is 7.48. The van der Waals surface area contributed by atoms with Crippen LogP contribution in [0.4, 0.5) is 0 Å². The molecule has 4 nitrogen and oxygen atoms in total. The fourth-order valence-corrected chi connectivity index (χ4v) is 3.02. The Balaban J connectivity index is 0.00000180. The van der Waals surface area contributed by atoms with Crippen molar-refractivity contribution in [1.29, 1.82) is 0 Å². The van der Waals surface area contributed by atoms with Crippen molar-refractivity contribution >= 4 is 18.3 Å². The van der Waals surface area contributed by atoms with Gasteiger partial charge in [0.2, 0.25) is 5.91 Å². The quantitative estimate of drug-likeness (QED) is 0.825. The molecule has 2 aliphatic rings. The molecule has 1 saturated heterocycles. The summed E-state index contributed by atoms with van der Waals surface area (Å²) < 4.78 is 0. The van der Waals surface area contributed by atoms with Gasteiger partial charge in [0.1, 0.15) is 0 Å². The predicted octanol–water partition coefficient (Wildman–Crippen LogP) is 1.53. The molecule has 0 aromatic heterocycles. The number of rotatable bonds is 4. The van der Waals surface area contributed by atoms with Crippen LogP contribution in [0.5, 0.6) is 0 Å². The predicted molar refractivity (Wildman–Crippen MR) is 80.5 cm³/mol. The average molecular weight is 290 g/mol. The van der Waals surface area contributed by atoms with Gasteiger partial charge in [0.15, 0.2) is 0 Å². The Morgan fingerprint density at radius 3 is 2.37 bits per heavy atom. The Labute approximate surface area is 122 Å². The second-order valence-corrected chi connectivity index (χ2v) is 5.92. The summed E-state index contributed by atoms with van der Waals surface area (Å²) in [5.41, 5.74) is 5.86. The van der Waals surface area contributed by atoms with Crippen molar-refractivity contribution in [2.24, 2.45) is 11.7 Å². The van der Waals surface area contributed by atoms with Gasteiger partial charge in [-0.3, -0.25) is 9.69 Å². The summed E-state index contributed by atoms with van der Waals surface area (Å²) in [7, 11) is 0. The summed E-state index contributed by atoms with van der Waals surface area (Å²) in [5, 5.41) is 3.10. The van der Waals surface area contributed by atoms with Gasteiger partial charge in [-0.15, -0.1) is 12.4 Å². The number of amides is 1. The van der Waals surface area contributed by atoms with E-state index < -0.39 is 0 Å². The van der Waals surface area contributed by atoms with Crippen molar-refractivity contribution in [3.05, 3.63) is 0 Å². The number of likely N-dealkylation sites (tertiary alicyclic amines) is 1. The summed E-state index contributed by atoms with van der Waals surface area (Å²) in [6, 6.07) is 0.339. The SMILES string of the molecule is Cl.NC1CCN(CC(=O)NCC2CCCCC2)CC1. The van der Waals surface area contributed by atoms with Crippen molar-refractivity contribution in [2.45, 2.75) is 51.0 Å². The van der Waals surface area contributed by atoms with Crippen LogP contribution in [-0.2, 0) is 4.79 Å². The van der Waals surface area contributed by atoms with Gasteiger partial charge in [-0.1, -0.05) is 19.3 Å². The lowest BCUT2D eigenvalue weighted by Crippen LogP contribution is -2.45. The van der Waals surface area contributed by atoms with E-state index in [1.807, 2.05) is 0 Å². The summed E-state index contributed by atoms with van der Waals surface area (Å²) in [4.78, 5) is 14.1. The van der Waals surface area contributed by atoms with Crippen LogP contribution in [0.15, 0.2) is 0 Å². The van der Waals surface area contributed by atoms with Crippen LogP contribution >= 0.6 is 12.4 Å². The average Bonchev–Trinajstić information content (AvgIpc) is 2.40. The number of nitrogens with zero attached hydrogens (tertiary/aromatic N) is 1. The number of carbonyl (C=O) groups is 1. The van der Waals surface area contributed by atoms with E-state index in [0.29, 0.717) is 12.6 Å². The molecule has 0 unspecified atom stereocenters. The van der Waals surface area contributed by atoms with Crippen molar-refractivity contribution in [3.63, 3.8) is 0 Å². The molecule has 0 aromatic carbocycles. The van der Waals surface area contributed by atoms with Gasteiger partial charge in [0.25, 0.3) is 0 Å².